The number of ether oxygens (including phenoxy) is 1. The smallest absolute Gasteiger partial charge is 0.270 e. The molecule has 0 spiro atoms. The van der Waals surface area contributed by atoms with Gasteiger partial charge in [0.1, 0.15) is 5.75 Å². The van der Waals surface area contributed by atoms with Crippen molar-refractivity contribution >= 4 is 39.8 Å². The number of nitrogens with zero attached hydrogens (tertiary/aromatic N) is 3. The molecule has 0 aliphatic rings. The van der Waals surface area contributed by atoms with Crippen LogP contribution in [0.4, 0.5) is 5.69 Å². The lowest BCUT2D eigenvalue weighted by Gasteiger charge is -2.11. The number of fused-ring (bicyclic) bond motifs is 1. The highest BCUT2D eigenvalue weighted by Crippen LogP contribution is 2.26. The van der Waals surface area contributed by atoms with Gasteiger partial charge in [0.15, 0.2) is 0 Å². The van der Waals surface area contributed by atoms with Crippen LogP contribution >= 0.6 is 23.2 Å². The van der Waals surface area contributed by atoms with Crippen molar-refractivity contribution < 1.29 is 9.66 Å². The second-order valence-corrected chi connectivity index (χ2v) is 6.06. The van der Waals surface area contributed by atoms with Crippen molar-refractivity contribution in [2.45, 2.75) is 6.54 Å². The molecule has 0 fully saturated rings. The Morgan fingerprint density at radius 2 is 2.04 bits per heavy atom. The highest BCUT2D eigenvalue weighted by molar-refractivity contribution is 6.38. The van der Waals surface area contributed by atoms with E-state index in [1.54, 1.807) is 0 Å². The minimum atomic E-state index is -0.510. The highest BCUT2D eigenvalue weighted by atomic mass is 35.5. The van der Waals surface area contributed by atoms with E-state index in [0.29, 0.717) is 21.9 Å². The van der Waals surface area contributed by atoms with Crippen molar-refractivity contribution in [2.24, 2.45) is 0 Å². The molecule has 0 saturated carbocycles. The maximum absolute atomic E-state index is 12.7. The Morgan fingerprint density at radius 1 is 1.28 bits per heavy atom. The molecule has 3 rings (SSSR count). The summed E-state index contributed by atoms with van der Waals surface area (Å²) in [6.45, 7) is 0.0523. The highest BCUT2D eigenvalue weighted by Gasteiger charge is 2.14. The second kappa shape index (κ2) is 6.70. The topological polar surface area (TPSA) is 87.3 Å². The first-order chi connectivity index (χ1) is 11.9. The largest absolute Gasteiger partial charge is 0.496 e. The summed E-state index contributed by atoms with van der Waals surface area (Å²) in [5.74, 6) is 0.432. The Balaban J connectivity index is 2.13. The molecule has 0 aliphatic heterocycles. The van der Waals surface area contributed by atoms with Crippen LogP contribution in [0.1, 0.15) is 5.56 Å². The van der Waals surface area contributed by atoms with Crippen molar-refractivity contribution in [1.82, 2.24) is 9.55 Å². The number of methoxy groups -OCH3 is 1. The number of halogens is 2. The molecule has 1 heterocycles. The van der Waals surface area contributed by atoms with Gasteiger partial charge in [0.2, 0.25) is 0 Å². The molecule has 25 heavy (non-hydrogen) atoms. The molecule has 1 aromatic heterocycles. The van der Waals surface area contributed by atoms with Crippen LogP contribution in [0.3, 0.4) is 0 Å². The van der Waals surface area contributed by atoms with Crippen LogP contribution in [-0.4, -0.2) is 21.6 Å². The normalized spacial score (nSPS) is 10.8. The van der Waals surface area contributed by atoms with Crippen LogP contribution in [0.2, 0.25) is 10.0 Å². The van der Waals surface area contributed by atoms with Crippen LogP contribution in [0.5, 0.6) is 5.75 Å². The Labute approximate surface area is 151 Å². The standard InChI is InChI=1S/C16H11Cl2N3O4/c1-25-14-3-2-11(21(23)24)4-9(14)7-20-8-19-15-12(16(20)22)5-10(17)6-13(15)18/h2-6,8H,7H2,1H3. The van der Waals surface area contributed by atoms with Crippen molar-refractivity contribution in [1.29, 1.82) is 0 Å². The molecule has 0 saturated heterocycles. The summed E-state index contributed by atoms with van der Waals surface area (Å²) >= 11 is 12.0. The molecular weight excluding hydrogens is 369 g/mol. The molecule has 9 heteroatoms. The molecule has 0 N–H and O–H groups in total. The van der Waals surface area contributed by atoms with Gasteiger partial charge >= 0.3 is 0 Å². The molecule has 0 aliphatic carbocycles. The molecule has 0 radical (unpaired) electrons. The predicted molar refractivity (Wildman–Crippen MR) is 94.8 cm³/mol. The van der Waals surface area contributed by atoms with Crippen LogP contribution in [0.15, 0.2) is 41.5 Å². The van der Waals surface area contributed by atoms with Gasteiger partial charge in [0.25, 0.3) is 11.2 Å². The van der Waals surface area contributed by atoms with E-state index in [2.05, 4.69) is 4.98 Å². The lowest BCUT2D eigenvalue weighted by molar-refractivity contribution is -0.384. The first kappa shape index (κ1) is 17.2. The van der Waals surface area contributed by atoms with E-state index >= 15 is 0 Å². The number of aromatic nitrogens is 2. The summed E-state index contributed by atoms with van der Waals surface area (Å²) < 4.78 is 6.53. The van der Waals surface area contributed by atoms with E-state index in [9.17, 15) is 14.9 Å². The maximum Gasteiger partial charge on any atom is 0.270 e. The average Bonchev–Trinajstić information content (AvgIpc) is 2.57. The predicted octanol–water partition coefficient (Wildman–Crippen LogP) is 3.67. The zero-order valence-corrected chi connectivity index (χ0v) is 14.4. The van der Waals surface area contributed by atoms with Crippen LogP contribution in [-0.2, 0) is 6.54 Å². The number of nitro benzene ring substituents is 1. The fourth-order valence-corrected chi connectivity index (χ4v) is 3.04. The molecule has 0 amide bonds. The van der Waals surface area contributed by atoms with Crippen molar-refractivity contribution in [3.8, 4) is 5.75 Å². The molecule has 2 aromatic carbocycles. The fraction of sp³-hybridized carbons (Fsp3) is 0.125. The van der Waals surface area contributed by atoms with Gasteiger partial charge in [-0.05, 0) is 18.2 Å². The number of benzene rings is 2. The molecular formula is C16H11Cl2N3O4. The summed E-state index contributed by atoms with van der Waals surface area (Å²) in [7, 11) is 1.45. The van der Waals surface area contributed by atoms with E-state index in [1.165, 1.54) is 48.3 Å². The SMILES string of the molecule is COc1ccc([N+](=O)[O-])cc1Cn1cnc2c(Cl)cc(Cl)cc2c1=O. The zero-order valence-electron chi connectivity index (χ0n) is 12.9. The van der Waals surface area contributed by atoms with E-state index in [0.717, 1.165) is 0 Å². The van der Waals surface area contributed by atoms with Gasteiger partial charge in [0, 0.05) is 22.7 Å². The maximum atomic E-state index is 12.7. The number of nitro groups is 1. The second-order valence-electron chi connectivity index (χ2n) is 5.21. The van der Waals surface area contributed by atoms with Crippen LogP contribution in [0, 0.1) is 10.1 Å². The Hall–Kier alpha value is -2.64. The first-order valence-corrected chi connectivity index (χ1v) is 7.82. The van der Waals surface area contributed by atoms with Gasteiger partial charge in [-0.3, -0.25) is 19.5 Å². The van der Waals surface area contributed by atoms with Gasteiger partial charge in [-0.2, -0.15) is 0 Å². The Morgan fingerprint density at radius 3 is 2.72 bits per heavy atom. The summed E-state index contributed by atoms with van der Waals surface area (Å²) in [4.78, 5) is 27.3. The van der Waals surface area contributed by atoms with Gasteiger partial charge in [-0.25, -0.2) is 4.98 Å². The van der Waals surface area contributed by atoms with Crippen molar-refractivity contribution in [3.63, 3.8) is 0 Å². The van der Waals surface area contributed by atoms with E-state index in [-0.39, 0.29) is 28.2 Å². The summed E-state index contributed by atoms with van der Waals surface area (Å²) in [5.41, 5.74) is 0.373. The van der Waals surface area contributed by atoms with Crippen LogP contribution in [0.25, 0.3) is 10.9 Å². The Bertz CT molecular complexity index is 1050. The van der Waals surface area contributed by atoms with E-state index in [4.69, 9.17) is 27.9 Å². The van der Waals surface area contributed by atoms with Crippen molar-refractivity contribution in [3.05, 3.63) is 72.7 Å². The minimum Gasteiger partial charge on any atom is -0.496 e. The summed E-state index contributed by atoms with van der Waals surface area (Å²) in [6, 6.07) is 7.18. The average molecular weight is 380 g/mol. The molecule has 3 aromatic rings. The molecule has 128 valence electrons. The lowest BCUT2D eigenvalue weighted by atomic mass is 10.1. The third kappa shape index (κ3) is 3.29. The number of rotatable bonds is 4. The Kier molecular flexibility index (Phi) is 4.61. The first-order valence-electron chi connectivity index (χ1n) is 7.06. The van der Waals surface area contributed by atoms with Gasteiger partial charge in [-0.1, -0.05) is 23.2 Å². The molecule has 0 unspecified atom stereocenters. The minimum absolute atomic E-state index is 0.0523. The lowest BCUT2D eigenvalue weighted by Crippen LogP contribution is -2.21. The number of non-ortho nitro benzene ring substituents is 1. The van der Waals surface area contributed by atoms with Gasteiger partial charge in [-0.15, -0.1) is 0 Å². The quantitative estimate of drug-likeness (QED) is 0.509. The van der Waals surface area contributed by atoms with E-state index in [1.807, 2.05) is 0 Å². The van der Waals surface area contributed by atoms with Gasteiger partial charge in [0.05, 0.1) is 40.8 Å². The zero-order chi connectivity index (χ0) is 18.1. The van der Waals surface area contributed by atoms with Crippen LogP contribution < -0.4 is 10.3 Å². The van der Waals surface area contributed by atoms with Crippen molar-refractivity contribution in [2.75, 3.05) is 7.11 Å². The fourth-order valence-electron chi connectivity index (χ4n) is 2.49. The van der Waals surface area contributed by atoms with Gasteiger partial charge < -0.3 is 4.74 Å². The monoisotopic (exact) mass is 379 g/mol. The third-order valence-electron chi connectivity index (χ3n) is 3.66. The van der Waals surface area contributed by atoms with E-state index < -0.39 is 4.92 Å². The molecule has 0 atom stereocenters. The summed E-state index contributed by atoms with van der Waals surface area (Å²) in [5, 5.41) is 11.8. The molecule has 7 nitrogen and oxygen atoms in total. The summed E-state index contributed by atoms with van der Waals surface area (Å²) in [6.07, 6.45) is 1.34. The number of hydrogen-bond donors (Lipinski definition) is 0. The third-order valence-corrected chi connectivity index (χ3v) is 4.17. The number of hydrogen-bond acceptors (Lipinski definition) is 5. The molecule has 0 bridgehead atoms.